The fraction of sp³-hybridized carbons (Fsp3) is 0.389. The molecule has 2 aliphatic rings. The minimum atomic E-state index is -1.24. The van der Waals surface area contributed by atoms with Crippen molar-refractivity contribution in [3.63, 3.8) is 0 Å². The molecule has 0 bridgehead atoms. The van der Waals surface area contributed by atoms with Crippen molar-refractivity contribution < 1.29 is 14.1 Å². The summed E-state index contributed by atoms with van der Waals surface area (Å²) in [5.74, 6) is 0.0338. The van der Waals surface area contributed by atoms with Crippen LogP contribution in [0.5, 0.6) is 0 Å². The molecule has 1 aliphatic carbocycles. The minimum absolute atomic E-state index is 0.0184. The lowest BCUT2D eigenvalue weighted by molar-refractivity contribution is 0.275. The van der Waals surface area contributed by atoms with Gasteiger partial charge in [0.05, 0.1) is 24.8 Å². The number of anilines is 3. The molecule has 0 radical (unpaired) electrons. The summed E-state index contributed by atoms with van der Waals surface area (Å²) in [6.45, 7) is 0.133. The number of nitrogens with one attached hydrogen (secondary N) is 2. The third-order valence-corrected chi connectivity index (χ3v) is 5.39. The molecular formula is C18H18BClFN5O2. The number of halogens is 2. The maximum absolute atomic E-state index is 14.3. The minimum Gasteiger partial charge on any atom is -0.423 e. The van der Waals surface area contributed by atoms with E-state index in [1.54, 1.807) is 6.07 Å². The van der Waals surface area contributed by atoms with Crippen molar-refractivity contribution in [2.45, 2.75) is 38.3 Å². The number of nitrogens with zero attached hydrogens (tertiary/aromatic N) is 3. The van der Waals surface area contributed by atoms with Crippen LogP contribution in [0.4, 0.5) is 21.8 Å². The number of benzene rings is 1. The van der Waals surface area contributed by atoms with E-state index in [4.69, 9.17) is 16.3 Å². The van der Waals surface area contributed by atoms with E-state index in [0.29, 0.717) is 22.1 Å². The Bertz CT molecular complexity index is 941. The third kappa shape index (κ3) is 3.76. The molecule has 7 nitrogen and oxygen atoms in total. The molecule has 2 heterocycles. The van der Waals surface area contributed by atoms with Gasteiger partial charge in [0.15, 0.2) is 5.82 Å². The second-order valence-electron chi connectivity index (χ2n) is 6.98. The van der Waals surface area contributed by atoms with Gasteiger partial charge in [0.1, 0.15) is 10.8 Å². The maximum atomic E-state index is 14.3. The van der Waals surface area contributed by atoms with Crippen LogP contribution in [0.25, 0.3) is 0 Å². The normalized spacial score (nSPS) is 21.1. The molecule has 144 valence electrons. The zero-order valence-corrected chi connectivity index (χ0v) is 15.7. The number of fused-ring (bicyclic) bond motifs is 1. The van der Waals surface area contributed by atoms with E-state index >= 15 is 0 Å². The average Bonchev–Trinajstić information content (AvgIpc) is 3.06. The summed E-state index contributed by atoms with van der Waals surface area (Å²) >= 11 is 6.22. The highest BCUT2D eigenvalue weighted by Crippen LogP contribution is 2.29. The first-order valence-corrected chi connectivity index (χ1v) is 9.50. The van der Waals surface area contributed by atoms with Gasteiger partial charge >= 0.3 is 7.12 Å². The van der Waals surface area contributed by atoms with Gasteiger partial charge in [-0.05, 0) is 30.5 Å². The maximum Gasteiger partial charge on any atom is 0.494 e. The molecule has 2 aromatic rings. The number of hydrogen-bond acceptors (Lipinski definition) is 7. The molecule has 1 aromatic heterocycles. The van der Waals surface area contributed by atoms with Gasteiger partial charge in [0, 0.05) is 17.2 Å². The Balaban J connectivity index is 1.55. The van der Waals surface area contributed by atoms with Crippen molar-refractivity contribution >= 4 is 41.6 Å². The van der Waals surface area contributed by atoms with Crippen molar-refractivity contribution in [3.8, 4) is 6.07 Å². The first-order valence-electron chi connectivity index (χ1n) is 9.13. The molecule has 10 heteroatoms. The summed E-state index contributed by atoms with van der Waals surface area (Å²) < 4.78 is 19.3. The predicted octanol–water partition coefficient (Wildman–Crippen LogP) is 2.72. The van der Waals surface area contributed by atoms with Crippen molar-refractivity contribution in [2.24, 2.45) is 5.92 Å². The summed E-state index contributed by atoms with van der Waals surface area (Å²) in [5.41, 5.74) is 1.17. The highest BCUT2D eigenvalue weighted by Gasteiger charge is 2.31. The van der Waals surface area contributed by atoms with Crippen LogP contribution in [0, 0.1) is 23.1 Å². The fourth-order valence-electron chi connectivity index (χ4n) is 3.69. The molecule has 2 atom stereocenters. The highest BCUT2D eigenvalue weighted by molar-refractivity contribution is 6.61. The summed E-state index contributed by atoms with van der Waals surface area (Å²) in [5, 5.41) is 25.6. The Morgan fingerprint density at radius 1 is 1.36 bits per heavy atom. The van der Waals surface area contributed by atoms with Crippen molar-refractivity contribution in [3.05, 3.63) is 34.7 Å². The molecule has 0 amide bonds. The van der Waals surface area contributed by atoms with E-state index in [1.165, 1.54) is 12.3 Å². The van der Waals surface area contributed by atoms with E-state index in [-0.39, 0.29) is 30.0 Å². The van der Waals surface area contributed by atoms with Crippen LogP contribution >= 0.6 is 11.6 Å². The molecule has 1 fully saturated rings. The van der Waals surface area contributed by atoms with E-state index in [2.05, 4.69) is 26.7 Å². The quantitative estimate of drug-likeness (QED) is 0.677. The lowest BCUT2D eigenvalue weighted by atomic mass is 9.79. The van der Waals surface area contributed by atoms with Crippen molar-refractivity contribution in [1.29, 1.82) is 5.26 Å². The van der Waals surface area contributed by atoms with Gasteiger partial charge in [-0.15, -0.1) is 0 Å². The van der Waals surface area contributed by atoms with E-state index < -0.39 is 12.9 Å². The second kappa shape index (κ2) is 7.91. The first kappa shape index (κ1) is 18.9. The van der Waals surface area contributed by atoms with Crippen LogP contribution in [0.2, 0.25) is 5.02 Å². The van der Waals surface area contributed by atoms with Crippen LogP contribution in [-0.4, -0.2) is 28.2 Å². The molecule has 1 aliphatic heterocycles. The zero-order valence-electron chi connectivity index (χ0n) is 15.0. The number of rotatable bonds is 4. The van der Waals surface area contributed by atoms with Gasteiger partial charge in [0.25, 0.3) is 0 Å². The average molecular weight is 402 g/mol. The van der Waals surface area contributed by atoms with Gasteiger partial charge in [-0.2, -0.15) is 10.2 Å². The number of hydrogen-bond donors (Lipinski definition) is 3. The molecule has 1 aromatic carbocycles. The van der Waals surface area contributed by atoms with Gasteiger partial charge in [-0.1, -0.05) is 24.4 Å². The lowest BCUT2D eigenvalue weighted by Gasteiger charge is -2.28. The van der Waals surface area contributed by atoms with Crippen LogP contribution in [0.3, 0.4) is 0 Å². The molecule has 28 heavy (non-hydrogen) atoms. The van der Waals surface area contributed by atoms with E-state index in [9.17, 15) is 14.7 Å². The first-order chi connectivity index (χ1) is 13.5. The smallest absolute Gasteiger partial charge is 0.423 e. The lowest BCUT2D eigenvalue weighted by Crippen LogP contribution is -2.31. The van der Waals surface area contributed by atoms with Gasteiger partial charge in [0.2, 0.25) is 5.95 Å². The van der Waals surface area contributed by atoms with Gasteiger partial charge in [-0.25, -0.2) is 9.37 Å². The summed E-state index contributed by atoms with van der Waals surface area (Å²) in [6.07, 6.45) is 5.28. The van der Waals surface area contributed by atoms with E-state index in [1.807, 2.05) is 0 Å². The highest BCUT2D eigenvalue weighted by atomic mass is 35.5. The Kier molecular flexibility index (Phi) is 5.35. The third-order valence-electron chi connectivity index (χ3n) is 5.11. The summed E-state index contributed by atoms with van der Waals surface area (Å²) in [6, 6.07) is 5.27. The molecular weight excluding hydrogens is 383 g/mol. The topological polar surface area (TPSA) is 103 Å². The van der Waals surface area contributed by atoms with Gasteiger partial charge < -0.3 is 20.3 Å². The molecule has 1 saturated carbocycles. The number of aromatic nitrogens is 2. The predicted molar refractivity (Wildman–Crippen MR) is 104 cm³/mol. The van der Waals surface area contributed by atoms with Crippen molar-refractivity contribution in [1.82, 2.24) is 9.97 Å². The Labute approximate surface area is 167 Å². The Hall–Kier alpha value is -2.41. The molecule has 1 unspecified atom stereocenters. The molecule has 4 rings (SSSR count). The number of nitriles is 1. The Morgan fingerprint density at radius 3 is 3.00 bits per heavy atom. The zero-order chi connectivity index (χ0) is 19.7. The van der Waals surface area contributed by atoms with Crippen LogP contribution in [0.15, 0.2) is 18.3 Å². The van der Waals surface area contributed by atoms with Crippen molar-refractivity contribution in [2.75, 3.05) is 10.6 Å². The van der Waals surface area contributed by atoms with E-state index in [0.717, 1.165) is 25.7 Å². The Morgan fingerprint density at radius 2 is 2.18 bits per heavy atom. The largest absolute Gasteiger partial charge is 0.494 e. The monoisotopic (exact) mass is 401 g/mol. The molecule has 0 spiro atoms. The summed E-state index contributed by atoms with van der Waals surface area (Å²) in [7, 11) is -1.24. The van der Waals surface area contributed by atoms with Gasteiger partial charge in [-0.3, -0.25) is 0 Å². The van der Waals surface area contributed by atoms with Crippen LogP contribution < -0.4 is 16.1 Å². The molecule has 3 N–H and O–H groups in total. The second-order valence-corrected chi connectivity index (χ2v) is 7.39. The van der Waals surface area contributed by atoms with Crippen LogP contribution in [-0.2, 0) is 11.3 Å². The summed E-state index contributed by atoms with van der Waals surface area (Å²) in [4.78, 5) is 8.53. The molecule has 0 saturated heterocycles. The fourth-order valence-corrected chi connectivity index (χ4v) is 3.83. The standard InChI is InChI=1S/C18H18BClFN5O2/c20-13-8-23-18(26-17(13)25-15-4-2-1-3-10(15)7-22)24-12-5-11-9-28-19(27)16(11)14(21)6-12/h5-6,8,10,15,27H,1-4,9H2,(H2,23,24,25,26)/t10-,15?/m1/s1. The van der Waals surface area contributed by atoms with Crippen LogP contribution in [0.1, 0.15) is 31.2 Å². The SMILES string of the molecule is N#C[C@H]1CCCCC1Nc1nc(Nc2cc(F)c3c(c2)COB3O)ncc1Cl.